The molecular formula is C18H21N3O4S. The van der Waals surface area contributed by atoms with Crippen LogP contribution in [0.5, 0.6) is 0 Å². The fourth-order valence-electron chi connectivity index (χ4n) is 3.74. The van der Waals surface area contributed by atoms with Gasteiger partial charge >= 0.3 is 0 Å². The number of amides is 1. The first-order valence-electron chi connectivity index (χ1n) is 8.79. The number of fused-ring (bicyclic) bond motifs is 1. The molecule has 0 unspecified atom stereocenters. The zero-order valence-electron chi connectivity index (χ0n) is 14.6. The van der Waals surface area contributed by atoms with E-state index in [-0.39, 0.29) is 18.2 Å². The second-order valence-electron chi connectivity index (χ2n) is 6.84. The molecule has 1 aromatic carbocycles. The zero-order chi connectivity index (χ0) is 18.3. The molecule has 3 heterocycles. The molecule has 1 atom stereocenters. The summed E-state index contributed by atoms with van der Waals surface area (Å²) >= 11 is 0. The molecule has 0 spiro atoms. The number of sulfonamides is 1. The monoisotopic (exact) mass is 375 g/mol. The maximum absolute atomic E-state index is 13.2. The van der Waals surface area contributed by atoms with E-state index < -0.39 is 15.3 Å². The number of aryl methyl sites for hydroxylation is 1. The summed E-state index contributed by atoms with van der Waals surface area (Å²) in [5.41, 5.74) is 2.45. The van der Waals surface area contributed by atoms with Gasteiger partial charge < -0.3 is 9.42 Å². The summed E-state index contributed by atoms with van der Waals surface area (Å²) in [4.78, 5) is 14.2. The Hall–Kier alpha value is -2.35. The van der Waals surface area contributed by atoms with E-state index in [1.165, 1.54) is 4.31 Å². The second kappa shape index (κ2) is 6.42. The van der Waals surface area contributed by atoms with Gasteiger partial charge in [-0.3, -0.25) is 9.10 Å². The standard InChI is InChI=1S/C18H21N3O4S/c1-13-11-17(25-19-13)18(22)20-9-4-6-15(12-20)26(23,24)21-10-8-14-5-2-3-7-16(14)21/h2-3,5,7,11,15H,4,6,8-10,12H2,1H3/t15-/m0/s1. The van der Waals surface area contributed by atoms with Gasteiger partial charge in [0.05, 0.1) is 16.6 Å². The van der Waals surface area contributed by atoms with Gasteiger partial charge in [-0.25, -0.2) is 8.42 Å². The summed E-state index contributed by atoms with van der Waals surface area (Å²) in [7, 11) is -3.53. The fourth-order valence-corrected chi connectivity index (χ4v) is 5.73. The van der Waals surface area contributed by atoms with Crippen molar-refractivity contribution >= 4 is 21.6 Å². The van der Waals surface area contributed by atoms with Gasteiger partial charge in [-0.05, 0) is 37.8 Å². The Morgan fingerprint density at radius 1 is 1.27 bits per heavy atom. The average Bonchev–Trinajstić information content (AvgIpc) is 3.28. The Kier molecular flexibility index (Phi) is 4.22. The lowest BCUT2D eigenvalue weighted by Crippen LogP contribution is -2.49. The van der Waals surface area contributed by atoms with Gasteiger partial charge in [0.2, 0.25) is 15.8 Å². The van der Waals surface area contributed by atoms with Crippen LogP contribution in [0.1, 0.15) is 34.7 Å². The molecule has 1 aromatic heterocycles. The molecule has 8 heteroatoms. The Morgan fingerprint density at radius 3 is 2.85 bits per heavy atom. The van der Waals surface area contributed by atoms with Crippen molar-refractivity contribution in [3.05, 3.63) is 47.3 Å². The van der Waals surface area contributed by atoms with Crippen LogP contribution in [0, 0.1) is 6.92 Å². The number of benzene rings is 1. The lowest BCUT2D eigenvalue weighted by molar-refractivity contribution is 0.0684. The molecule has 0 aliphatic carbocycles. The van der Waals surface area contributed by atoms with Gasteiger partial charge in [0.15, 0.2) is 0 Å². The number of para-hydroxylation sites is 1. The zero-order valence-corrected chi connectivity index (χ0v) is 15.4. The number of rotatable bonds is 3. The van der Waals surface area contributed by atoms with E-state index in [4.69, 9.17) is 4.52 Å². The summed E-state index contributed by atoms with van der Waals surface area (Å²) in [6.07, 6.45) is 1.93. The highest BCUT2D eigenvalue weighted by Crippen LogP contribution is 2.33. The third kappa shape index (κ3) is 2.88. The molecule has 4 rings (SSSR count). The highest BCUT2D eigenvalue weighted by molar-refractivity contribution is 7.93. The number of nitrogens with zero attached hydrogens (tertiary/aromatic N) is 3. The van der Waals surface area contributed by atoms with E-state index in [0.717, 1.165) is 17.7 Å². The van der Waals surface area contributed by atoms with E-state index in [9.17, 15) is 13.2 Å². The van der Waals surface area contributed by atoms with Gasteiger partial charge in [0.1, 0.15) is 0 Å². The first kappa shape index (κ1) is 17.1. The summed E-state index contributed by atoms with van der Waals surface area (Å²) in [5, 5.41) is 3.14. The number of carbonyl (C=O) groups is 1. The minimum absolute atomic E-state index is 0.159. The third-order valence-corrected chi connectivity index (χ3v) is 7.30. The Bertz CT molecular complexity index is 937. The molecule has 1 fully saturated rings. The predicted octanol–water partition coefficient (Wildman–Crippen LogP) is 1.98. The van der Waals surface area contributed by atoms with Crippen LogP contribution in [0.2, 0.25) is 0 Å². The Balaban J connectivity index is 1.55. The van der Waals surface area contributed by atoms with Crippen LogP contribution >= 0.6 is 0 Å². The van der Waals surface area contributed by atoms with Crippen molar-refractivity contribution < 1.29 is 17.7 Å². The lowest BCUT2D eigenvalue weighted by Gasteiger charge is -2.34. The minimum Gasteiger partial charge on any atom is -0.351 e. The van der Waals surface area contributed by atoms with Crippen molar-refractivity contribution in [3.8, 4) is 0 Å². The van der Waals surface area contributed by atoms with Gasteiger partial charge in [-0.15, -0.1) is 0 Å². The quantitative estimate of drug-likeness (QED) is 0.819. The number of piperidine rings is 1. The van der Waals surface area contributed by atoms with Gasteiger partial charge in [0, 0.05) is 25.7 Å². The number of hydrogen-bond acceptors (Lipinski definition) is 5. The third-order valence-electron chi connectivity index (χ3n) is 5.08. The summed E-state index contributed by atoms with van der Waals surface area (Å²) in [6.45, 7) is 2.92. The first-order chi connectivity index (χ1) is 12.5. The average molecular weight is 375 g/mol. The summed E-state index contributed by atoms with van der Waals surface area (Å²) < 4.78 is 33.0. The van der Waals surface area contributed by atoms with E-state index >= 15 is 0 Å². The number of aromatic nitrogens is 1. The Labute approximate surface area is 152 Å². The smallest absolute Gasteiger partial charge is 0.292 e. The molecule has 26 heavy (non-hydrogen) atoms. The number of likely N-dealkylation sites (tertiary alicyclic amines) is 1. The van der Waals surface area contributed by atoms with Gasteiger partial charge in [-0.1, -0.05) is 23.4 Å². The van der Waals surface area contributed by atoms with Crippen LogP contribution in [-0.2, 0) is 16.4 Å². The van der Waals surface area contributed by atoms with Crippen LogP contribution in [0.15, 0.2) is 34.9 Å². The minimum atomic E-state index is -3.53. The van der Waals surface area contributed by atoms with Crippen molar-refractivity contribution in [2.45, 2.75) is 31.4 Å². The Morgan fingerprint density at radius 2 is 2.08 bits per heavy atom. The van der Waals surface area contributed by atoms with Crippen molar-refractivity contribution in [1.82, 2.24) is 10.1 Å². The van der Waals surface area contributed by atoms with Gasteiger partial charge in [-0.2, -0.15) is 0 Å². The van der Waals surface area contributed by atoms with E-state index in [0.29, 0.717) is 31.6 Å². The van der Waals surface area contributed by atoms with Crippen LogP contribution in [0.3, 0.4) is 0 Å². The fraction of sp³-hybridized carbons (Fsp3) is 0.444. The molecule has 7 nitrogen and oxygen atoms in total. The maximum atomic E-state index is 13.2. The molecule has 2 aromatic rings. The highest BCUT2D eigenvalue weighted by Gasteiger charge is 2.39. The summed E-state index contributed by atoms with van der Waals surface area (Å²) in [6, 6.07) is 9.18. The van der Waals surface area contributed by atoms with E-state index in [1.807, 2.05) is 24.3 Å². The largest absolute Gasteiger partial charge is 0.351 e. The van der Waals surface area contributed by atoms with Crippen molar-refractivity contribution in [3.63, 3.8) is 0 Å². The molecule has 0 N–H and O–H groups in total. The van der Waals surface area contributed by atoms with Crippen LogP contribution < -0.4 is 4.31 Å². The lowest BCUT2D eigenvalue weighted by atomic mass is 10.1. The van der Waals surface area contributed by atoms with Crippen LogP contribution in [0.4, 0.5) is 5.69 Å². The number of carbonyl (C=O) groups excluding carboxylic acids is 1. The summed E-state index contributed by atoms with van der Waals surface area (Å²) in [5.74, 6) is -0.139. The molecule has 2 aliphatic rings. The van der Waals surface area contributed by atoms with E-state index in [1.54, 1.807) is 17.9 Å². The maximum Gasteiger partial charge on any atom is 0.292 e. The van der Waals surface area contributed by atoms with Gasteiger partial charge in [0.25, 0.3) is 5.91 Å². The molecule has 1 saturated heterocycles. The number of anilines is 1. The van der Waals surface area contributed by atoms with Crippen LogP contribution in [-0.4, -0.2) is 49.3 Å². The SMILES string of the molecule is Cc1cc(C(=O)N2CCC[C@H](S(=O)(=O)N3CCc4ccccc43)C2)on1. The van der Waals surface area contributed by atoms with E-state index in [2.05, 4.69) is 5.16 Å². The molecule has 2 aliphatic heterocycles. The molecule has 138 valence electrons. The van der Waals surface area contributed by atoms with Crippen molar-refractivity contribution in [2.24, 2.45) is 0 Å². The molecule has 0 bridgehead atoms. The van der Waals surface area contributed by atoms with Crippen LogP contribution in [0.25, 0.3) is 0 Å². The predicted molar refractivity (Wildman–Crippen MR) is 96.6 cm³/mol. The number of hydrogen-bond donors (Lipinski definition) is 0. The molecule has 0 radical (unpaired) electrons. The normalized spacial score (nSPS) is 20.3. The second-order valence-corrected chi connectivity index (χ2v) is 8.98. The topological polar surface area (TPSA) is 83.7 Å². The molecular weight excluding hydrogens is 354 g/mol. The molecule has 0 saturated carbocycles. The first-order valence-corrected chi connectivity index (χ1v) is 10.3. The molecule has 1 amide bonds. The highest BCUT2D eigenvalue weighted by atomic mass is 32.2. The van der Waals surface area contributed by atoms with Crippen molar-refractivity contribution in [2.75, 3.05) is 23.9 Å². The van der Waals surface area contributed by atoms with Crippen molar-refractivity contribution in [1.29, 1.82) is 0 Å².